The molecule has 0 spiro atoms. The molecule has 2 heteroatoms. The van der Waals surface area contributed by atoms with Gasteiger partial charge in [-0.2, -0.15) is 0 Å². The maximum atomic E-state index is 11.4. The number of nitrogens with one attached hydrogen (secondary N) is 1. The van der Waals surface area contributed by atoms with Gasteiger partial charge in [0.25, 0.3) is 5.91 Å². The van der Waals surface area contributed by atoms with Crippen LogP contribution >= 0.6 is 0 Å². The minimum Gasteiger partial charge on any atom is -0.341 e. The lowest BCUT2D eigenvalue weighted by Crippen LogP contribution is -2.39. The number of aryl methyl sites for hydroxylation is 1. The third kappa shape index (κ3) is 4.65. The second kappa shape index (κ2) is 4.85. The molecule has 0 aliphatic heterocycles. The summed E-state index contributed by atoms with van der Waals surface area (Å²) >= 11 is 0. The summed E-state index contributed by atoms with van der Waals surface area (Å²) in [6, 6.07) is 7.77. The molecule has 0 unspecified atom stereocenters. The SMILES string of the molecule is Cc1ccc(C#CC(=O)NC(C)(C)C)cc1. The molecule has 0 aromatic heterocycles. The van der Waals surface area contributed by atoms with E-state index in [2.05, 4.69) is 17.2 Å². The Morgan fingerprint density at radius 3 is 2.25 bits per heavy atom. The molecule has 0 radical (unpaired) electrons. The van der Waals surface area contributed by atoms with Crippen molar-refractivity contribution in [2.45, 2.75) is 33.2 Å². The second-order valence-electron chi connectivity index (χ2n) is 4.82. The largest absolute Gasteiger partial charge is 0.341 e. The molecule has 1 aromatic rings. The number of carbonyl (C=O) groups is 1. The van der Waals surface area contributed by atoms with E-state index < -0.39 is 0 Å². The molecule has 2 nitrogen and oxygen atoms in total. The number of carbonyl (C=O) groups excluding carboxylic acids is 1. The molecular formula is C14H17NO. The van der Waals surface area contributed by atoms with Crippen molar-refractivity contribution in [1.82, 2.24) is 5.32 Å². The van der Waals surface area contributed by atoms with E-state index in [1.807, 2.05) is 52.0 Å². The summed E-state index contributed by atoms with van der Waals surface area (Å²) in [4.78, 5) is 11.4. The van der Waals surface area contributed by atoms with E-state index in [-0.39, 0.29) is 11.4 Å². The van der Waals surface area contributed by atoms with Crippen LogP contribution in [0.5, 0.6) is 0 Å². The predicted molar refractivity (Wildman–Crippen MR) is 66.0 cm³/mol. The van der Waals surface area contributed by atoms with Crippen LogP contribution in [0.4, 0.5) is 0 Å². The molecule has 0 saturated carbocycles. The minimum atomic E-state index is -0.243. The van der Waals surface area contributed by atoms with Crippen molar-refractivity contribution in [3.05, 3.63) is 35.4 Å². The zero-order valence-corrected chi connectivity index (χ0v) is 10.2. The quantitative estimate of drug-likeness (QED) is 0.661. The molecule has 0 saturated heterocycles. The van der Waals surface area contributed by atoms with Gasteiger partial charge in [-0.15, -0.1) is 0 Å². The van der Waals surface area contributed by atoms with E-state index >= 15 is 0 Å². The van der Waals surface area contributed by atoms with Gasteiger partial charge in [0, 0.05) is 17.0 Å². The predicted octanol–water partition coefficient (Wildman–Crippen LogP) is 2.26. The third-order valence-corrected chi connectivity index (χ3v) is 1.86. The molecule has 16 heavy (non-hydrogen) atoms. The first-order valence-corrected chi connectivity index (χ1v) is 5.28. The van der Waals surface area contributed by atoms with Crippen LogP contribution in [-0.2, 0) is 4.79 Å². The summed E-state index contributed by atoms with van der Waals surface area (Å²) in [6.45, 7) is 7.80. The van der Waals surface area contributed by atoms with Crippen LogP contribution in [0.15, 0.2) is 24.3 Å². The fourth-order valence-corrected chi connectivity index (χ4v) is 1.14. The highest BCUT2D eigenvalue weighted by atomic mass is 16.1. The highest BCUT2D eigenvalue weighted by Crippen LogP contribution is 2.01. The summed E-state index contributed by atoms with van der Waals surface area (Å²) in [5.41, 5.74) is 1.80. The van der Waals surface area contributed by atoms with Gasteiger partial charge in [0.1, 0.15) is 0 Å². The van der Waals surface area contributed by atoms with Gasteiger partial charge >= 0.3 is 0 Å². The van der Waals surface area contributed by atoms with Crippen LogP contribution in [0.3, 0.4) is 0 Å². The van der Waals surface area contributed by atoms with Crippen molar-refractivity contribution in [1.29, 1.82) is 0 Å². The average Bonchev–Trinajstić information content (AvgIpc) is 2.14. The molecular weight excluding hydrogens is 198 g/mol. The molecule has 0 atom stereocenters. The Hall–Kier alpha value is -1.75. The molecule has 84 valence electrons. The molecule has 0 bridgehead atoms. The monoisotopic (exact) mass is 215 g/mol. The zero-order chi connectivity index (χ0) is 12.2. The van der Waals surface area contributed by atoms with Gasteiger partial charge in [0.15, 0.2) is 0 Å². The van der Waals surface area contributed by atoms with Gasteiger partial charge in [-0.3, -0.25) is 4.79 Å². The summed E-state index contributed by atoms with van der Waals surface area (Å²) < 4.78 is 0. The third-order valence-electron chi connectivity index (χ3n) is 1.86. The lowest BCUT2D eigenvalue weighted by molar-refractivity contribution is -0.117. The minimum absolute atomic E-state index is 0.237. The molecule has 1 amide bonds. The number of amides is 1. The summed E-state index contributed by atoms with van der Waals surface area (Å²) in [5, 5.41) is 2.79. The smallest absolute Gasteiger partial charge is 0.296 e. The Morgan fingerprint density at radius 1 is 1.19 bits per heavy atom. The average molecular weight is 215 g/mol. The lowest BCUT2D eigenvalue weighted by Gasteiger charge is -2.17. The normalized spacial score (nSPS) is 10.2. The Labute approximate surface area is 97.1 Å². The molecule has 0 aliphatic rings. The van der Waals surface area contributed by atoms with Gasteiger partial charge < -0.3 is 5.32 Å². The number of benzene rings is 1. The van der Waals surface area contributed by atoms with Gasteiger partial charge in [0.05, 0.1) is 0 Å². The maximum absolute atomic E-state index is 11.4. The van der Waals surface area contributed by atoms with Crippen LogP contribution in [-0.4, -0.2) is 11.4 Å². The second-order valence-corrected chi connectivity index (χ2v) is 4.82. The van der Waals surface area contributed by atoms with Crippen LogP contribution in [0.1, 0.15) is 31.9 Å². The van der Waals surface area contributed by atoms with Crippen molar-refractivity contribution in [3.8, 4) is 11.8 Å². The van der Waals surface area contributed by atoms with E-state index in [1.54, 1.807) is 0 Å². The van der Waals surface area contributed by atoms with Gasteiger partial charge in [-0.25, -0.2) is 0 Å². The molecule has 1 rings (SSSR count). The Kier molecular flexibility index (Phi) is 3.73. The van der Waals surface area contributed by atoms with Crippen molar-refractivity contribution >= 4 is 5.91 Å². The summed E-state index contributed by atoms with van der Waals surface area (Å²) in [6.07, 6.45) is 0. The first-order chi connectivity index (χ1) is 7.37. The highest BCUT2D eigenvalue weighted by Gasteiger charge is 2.11. The van der Waals surface area contributed by atoms with E-state index in [0.717, 1.165) is 5.56 Å². The van der Waals surface area contributed by atoms with E-state index in [0.29, 0.717) is 0 Å². The molecule has 1 aromatic carbocycles. The van der Waals surface area contributed by atoms with E-state index in [9.17, 15) is 4.79 Å². The molecule has 0 heterocycles. The Morgan fingerprint density at radius 2 is 1.75 bits per heavy atom. The molecule has 0 aliphatic carbocycles. The lowest BCUT2D eigenvalue weighted by atomic mass is 10.1. The van der Waals surface area contributed by atoms with Gasteiger partial charge in [-0.1, -0.05) is 23.6 Å². The van der Waals surface area contributed by atoms with Crippen LogP contribution in [0.2, 0.25) is 0 Å². The first-order valence-electron chi connectivity index (χ1n) is 5.28. The van der Waals surface area contributed by atoms with E-state index in [4.69, 9.17) is 0 Å². The topological polar surface area (TPSA) is 29.1 Å². The van der Waals surface area contributed by atoms with E-state index in [1.165, 1.54) is 5.56 Å². The summed E-state index contributed by atoms with van der Waals surface area (Å²) in [5.74, 6) is 5.16. The van der Waals surface area contributed by atoms with Gasteiger partial charge in [0.2, 0.25) is 0 Å². The van der Waals surface area contributed by atoms with Crippen LogP contribution in [0, 0.1) is 18.8 Å². The standard InChI is InChI=1S/C14H17NO/c1-11-5-7-12(8-6-11)9-10-13(16)15-14(2,3)4/h5-8H,1-4H3,(H,15,16). The number of hydrogen-bond donors (Lipinski definition) is 1. The molecule has 0 fully saturated rings. The van der Waals surface area contributed by atoms with Crippen LogP contribution in [0.25, 0.3) is 0 Å². The summed E-state index contributed by atoms with van der Waals surface area (Å²) in [7, 11) is 0. The Balaban J connectivity index is 2.68. The molecule has 1 N–H and O–H groups in total. The first kappa shape index (κ1) is 12.3. The number of hydrogen-bond acceptors (Lipinski definition) is 1. The Bertz CT molecular complexity index is 427. The van der Waals surface area contributed by atoms with Crippen molar-refractivity contribution in [3.63, 3.8) is 0 Å². The maximum Gasteiger partial charge on any atom is 0.296 e. The highest BCUT2D eigenvalue weighted by molar-refractivity contribution is 5.94. The van der Waals surface area contributed by atoms with Gasteiger partial charge in [-0.05, 0) is 39.8 Å². The van der Waals surface area contributed by atoms with Crippen molar-refractivity contribution in [2.24, 2.45) is 0 Å². The van der Waals surface area contributed by atoms with Crippen molar-refractivity contribution in [2.75, 3.05) is 0 Å². The fourth-order valence-electron chi connectivity index (χ4n) is 1.14. The fraction of sp³-hybridized carbons (Fsp3) is 0.357. The zero-order valence-electron chi connectivity index (χ0n) is 10.2. The van der Waals surface area contributed by atoms with Crippen molar-refractivity contribution < 1.29 is 4.79 Å². The number of rotatable bonds is 0. The van der Waals surface area contributed by atoms with Crippen LogP contribution < -0.4 is 5.32 Å².